The van der Waals surface area contributed by atoms with Gasteiger partial charge in [0.05, 0.1) is 17.3 Å². The number of hydrogen-bond donors (Lipinski definition) is 1. The van der Waals surface area contributed by atoms with Crippen molar-refractivity contribution >= 4 is 23.7 Å². The molecule has 2 atom stereocenters. The number of carbonyl (C=O) groups excluding carboxylic acids is 2. The molecule has 8 heteroatoms. The highest BCUT2D eigenvalue weighted by Crippen LogP contribution is 2.39. The Balaban J connectivity index is 1.40. The maximum absolute atomic E-state index is 13.4. The molecule has 176 valence electrons. The Bertz CT molecular complexity index is 1340. The fourth-order valence-corrected chi connectivity index (χ4v) is 4.73. The average Bonchev–Trinajstić information content (AvgIpc) is 2.74. The summed E-state index contributed by atoms with van der Waals surface area (Å²) in [6.45, 7) is 8.24. The standard InChI is InChI=1S/C26H28N4O4/c1-15-18-9-6-5-8-16(18)12-20-21(15)24(32)30-11-7-10-19(22(30)28-20)23(31)27-17-13-29(14-17)25(33)34-26(2,3)4/h5-12,15,17-18H,13-14H2,1-4H3,(H,27,31). The molecule has 3 aliphatic rings. The molecule has 8 nitrogen and oxygen atoms in total. The van der Waals surface area contributed by atoms with Crippen LogP contribution in [0.5, 0.6) is 0 Å². The fourth-order valence-electron chi connectivity index (χ4n) is 4.73. The van der Waals surface area contributed by atoms with Crippen LogP contribution in [0.3, 0.4) is 0 Å². The van der Waals surface area contributed by atoms with Crippen molar-refractivity contribution in [2.45, 2.75) is 45.3 Å². The predicted octanol–water partition coefficient (Wildman–Crippen LogP) is 3.29. The van der Waals surface area contributed by atoms with Crippen LogP contribution >= 0.6 is 0 Å². The van der Waals surface area contributed by atoms with Crippen molar-refractivity contribution in [3.05, 3.63) is 75.4 Å². The van der Waals surface area contributed by atoms with Gasteiger partial charge in [-0.3, -0.25) is 14.0 Å². The van der Waals surface area contributed by atoms with Crippen LogP contribution in [-0.4, -0.2) is 51.0 Å². The smallest absolute Gasteiger partial charge is 0.410 e. The molecule has 0 radical (unpaired) electrons. The van der Waals surface area contributed by atoms with E-state index in [9.17, 15) is 14.4 Å². The lowest BCUT2D eigenvalue weighted by molar-refractivity contribution is 0.00533. The van der Waals surface area contributed by atoms with Gasteiger partial charge in [0.1, 0.15) is 5.60 Å². The second-order valence-electron chi connectivity index (χ2n) is 10.1. The van der Waals surface area contributed by atoms with Gasteiger partial charge in [-0.25, -0.2) is 9.78 Å². The molecule has 0 spiro atoms. The molecule has 1 aliphatic heterocycles. The van der Waals surface area contributed by atoms with E-state index >= 15 is 0 Å². The second-order valence-corrected chi connectivity index (χ2v) is 10.1. The van der Waals surface area contributed by atoms with Gasteiger partial charge >= 0.3 is 6.09 Å². The van der Waals surface area contributed by atoms with Crippen LogP contribution in [0.4, 0.5) is 4.79 Å². The maximum atomic E-state index is 13.4. The third kappa shape index (κ3) is 3.83. The van der Waals surface area contributed by atoms with E-state index in [0.29, 0.717) is 35.6 Å². The predicted molar refractivity (Wildman–Crippen MR) is 129 cm³/mol. The first-order valence-electron chi connectivity index (χ1n) is 11.5. The van der Waals surface area contributed by atoms with E-state index < -0.39 is 11.7 Å². The number of ether oxygens (including phenoxy) is 1. The molecule has 2 aromatic heterocycles. The van der Waals surface area contributed by atoms with Crippen LogP contribution in [0.15, 0.2) is 53.0 Å². The van der Waals surface area contributed by atoms with Crippen LogP contribution in [0.1, 0.15) is 55.2 Å². The van der Waals surface area contributed by atoms with Crippen molar-refractivity contribution < 1.29 is 14.3 Å². The summed E-state index contributed by atoms with van der Waals surface area (Å²) in [5, 5.41) is 2.95. The molecule has 0 saturated carbocycles. The maximum Gasteiger partial charge on any atom is 0.410 e. The van der Waals surface area contributed by atoms with Gasteiger partial charge in [0.15, 0.2) is 5.65 Å². The second kappa shape index (κ2) is 7.97. The van der Waals surface area contributed by atoms with Crippen LogP contribution in [-0.2, 0) is 4.74 Å². The molecule has 2 aliphatic carbocycles. The monoisotopic (exact) mass is 460 g/mol. The SMILES string of the molecule is CC1c2c(nc3c(C(=O)NC4CN(C(=O)OC(C)(C)C)C4)cccn3c2=O)C=C2C=CC=CC21. The van der Waals surface area contributed by atoms with Gasteiger partial charge in [-0.05, 0) is 50.5 Å². The summed E-state index contributed by atoms with van der Waals surface area (Å²) in [7, 11) is 0. The van der Waals surface area contributed by atoms with Crippen molar-refractivity contribution in [3.8, 4) is 0 Å². The molecule has 3 heterocycles. The molecule has 5 rings (SSSR count). The summed E-state index contributed by atoms with van der Waals surface area (Å²) < 4.78 is 6.82. The van der Waals surface area contributed by atoms with Crippen molar-refractivity contribution in [1.82, 2.24) is 19.6 Å². The topological polar surface area (TPSA) is 93.0 Å². The summed E-state index contributed by atoms with van der Waals surface area (Å²) in [6, 6.07) is 3.16. The number of likely N-dealkylation sites (tertiary alicyclic amines) is 1. The number of pyridine rings is 1. The van der Waals surface area contributed by atoms with Crippen LogP contribution in [0.25, 0.3) is 11.7 Å². The number of fused-ring (bicyclic) bond motifs is 3. The number of rotatable bonds is 2. The molecule has 1 saturated heterocycles. The number of allylic oxidation sites excluding steroid dienone is 5. The fraction of sp³-hybridized carbons (Fsp3) is 0.385. The number of carbonyl (C=O) groups is 2. The Morgan fingerprint density at radius 2 is 1.97 bits per heavy atom. The van der Waals surface area contributed by atoms with Crippen molar-refractivity contribution in [2.24, 2.45) is 5.92 Å². The average molecular weight is 461 g/mol. The molecule has 1 N–H and O–H groups in total. The number of hydrogen-bond acceptors (Lipinski definition) is 5. The molecule has 0 aromatic carbocycles. The van der Waals surface area contributed by atoms with E-state index in [1.807, 2.05) is 52.0 Å². The van der Waals surface area contributed by atoms with Crippen LogP contribution < -0.4 is 10.9 Å². The van der Waals surface area contributed by atoms with Gasteiger partial charge < -0.3 is 15.0 Å². The summed E-state index contributed by atoms with van der Waals surface area (Å²) in [4.78, 5) is 45.0. The highest BCUT2D eigenvalue weighted by atomic mass is 16.6. The Kier molecular flexibility index (Phi) is 5.19. The number of amides is 2. The lowest BCUT2D eigenvalue weighted by Gasteiger charge is -2.40. The van der Waals surface area contributed by atoms with Crippen LogP contribution in [0, 0.1) is 5.92 Å². The molecular weight excluding hydrogens is 432 g/mol. The molecule has 1 fully saturated rings. The Morgan fingerprint density at radius 1 is 1.21 bits per heavy atom. The van der Waals surface area contributed by atoms with E-state index in [4.69, 9.17) is 9.72 Å². The minimum Gasteiger partial charge on any atom is -0.444 e. The van der Waals surface area contributed by atoms with Gasteiger partial charge in [0.2, 0.25) is 0 Å². The number of aromatic nitrogens is 2. The van der Waals surface area contributed by atoms with Crippen molar-refractivity contribution in [1.29, 1.82) is 0 Å². The zero-order valence-electron chi connectivity index (χ0n) is 19.7. The quantitative estimate of drug-likeness (QED) is 0.743. The van der Waals surface area contributed by atoms with E-state index in [2.05, 4.69) is 11.4 Å². The molecule has 34 heavy (non-hydrogen) atoms. The highest BCUT2D eigenvalue weighted by molar-refractivity contribution is 6.00. The Hall–Kier alpha value is -3.68. The summed E-state index contributed by atoms with van der Waals surface area (Å²) >= 11 is 0. The summed E-state index contributed by atoms with van der Waals surface area (Å²) in [6.07, 6.45) is 11.3. The number of nitrogens with zero attached hydrogens (tertiary/aromatic N) is 3. The van der Waals surface area contributed by atoms with Gasteiger partial charge in [-0.15, -0.1) is 0 Å². The molecule has 2 unspecified atom stereocenters. The van der Waals surface area contributed by atoms with E-state index in [1.54, 1.807) is 23.2 Å². The third-order valence-corrected chi connectivity index (χ3v) is 6.43. The summed E-state index contributed by atoms with van der Waals surface area (Å²) in [5.41, 5.74) is 2.32. The van der Waals surface area contributed by atoms with E-state index in [1.165, 1.54) is 4.40 Å². The summed E-state index contributed by atoms with van der Waals surface area (Å²) in [5.74, 6) is -0.198. The first kappa shape index (κ1) is 22.1. The highest BCUT2D eigenvalue weighted by Gasteiger charge is 2.35. The van der Waals surface area contributed by atoms with Gasteiger partial charge in [-0.2, -0.15) is 0 Å². The molecule has 0 bridgehead atoms. The largest absolute Gasteiger partial charge is 0.444 e. The zero-order chi connectivity index (χ0) is 24.2. The first-order valence-corrected chi connectivity index (χ1v) is 11.5. The van der Waals surface area contributed by atoms with Gasteiger partial charge in [0, 0.05) is 30.8 Å². The Labute approximate surface area is 197 Å². The lowest BCUT2D eigenvalue weighted by Crippen LogP contribution is -2.61. The van der Waals surface area contributed by atoms with Crippen molar-refractivity contribution in [2.75, 3.05) is 13.1 Å². The normalized spacial score (nSPS) is 21.4. The zero-order valence-corrected chi connectivity index (χ0v) is 19.7. The molecule has 2 amide bonds. The van der Waals surface area contributed by atoms with Crippen molar-refractivity contribution in [3.63, 3.8) is 0 Å². The minimum absolute atomic E-state index is 0.0144. The Morgan fingerprint density at radius 3 is 2.71 bits per heavy atom. The van der Waals surface area contributed by atoms with E-state index in [0.717, 1.165) is 5.57 Å². The minimum atomic E-state index is -0.567. The molecular formula is C26H28N4O4. The molecule has 2 aromatic rings. The number of nitrogens with one attached hydrogen (secondary N) is 1. The van der Waals surface area contributed by atoms with Gasteiger partial charge in [0.25, 0.3) is 11.5 Å². The third-order valence-electron chi connectivity index (χ3n) is 6.43. The van der Waals surface area contributed by atoms with E-state index in [-0.39, 0.29) is 29.3 Å². The first-order chi connectivity index (χ1) is 16.1. The van der Waals surface area contributed by atoms with Crippen LogP contribution in [0.2, 0.25) is 0 Å². The lowest BCUT2D eigenvalue weighted by atomic mass is 9.76. The van der Waals surface area contributed by atoms with Gasteiger partial charge in [-0.1, -0.05) is 31.2 Å².